The van der Waals surface area contributed by atoms with Gasteiger partial charge in [0.15, 0.2) is 0 Å². The van der Waals surface area contributed by atoms with Crippen molar-refractivity contribution in [1.29, 1.82) is 0 Å². The molecular formula is C20H24O3. The molecule has 2 aliphatic carbocycles. The largest absolute Gasteiger partial charge is 0.456 e. The van der Waals surface area contributed by atoms with Crippen LogP contribution in [-0.4, -0.2) is 17.4 Å². The first-order chi connectivity index (χ1) is 10.8. The summed E-state index contributed by atoms with van der Waals surface area (Å²) in [6, 6.07) is 7.57. The van der Waals surface area contributed by atoms with Gasteiger partial charge in [-0.2, -0.15) is 0 Å². The number of hydrogen-bond acceptors (Lipinski definition) is 3. The van der Waals surface area contributed by atoms with Crippen LogP contribution in [0.5, 0.6) is 0 Å². The number of allylic oxidation sites excluding steroid dienone is 2. The quantitative estimate of drug-likeness (QED) is 0.620. The Balaban J connectivity index is 1.80. The van der Waals surface area contributed by atoms with Gasteiger partial charge in [0.1, 0.15) is 11.4 Å². The lowest BCUT2D eigenvalue weighted by Crippen LogP contribution is -2.33. The average molecular weight is 312 g/mol. The van der Waals surface area contributed by atoms with E-state index in [1.807, 2.05) is 58.0 Å². The van der Waals surface area contributed by atoms with Crippen molar-refractivity contribution in [3.63, 3.8) is 0 Å². The lowest BCUT2D eigenvalue weighted by Gasteiger charge is -2.29. The number of fused-ring (bicyclic) bond motifs is 2. The maximum atomic E-state index is 12.5. The highest BCUT2D eigenvalue weighted by atomic mass is 16.6. The van der Waals surface area contributed by atoms with Crippen LogP contribution < -0.4 is 0 Å². The molecule has 3 unspecified atom stereocenters. The van der Waals surface area contributed by atoms with Gasteiger partial charge in [0, 0.05) is 11.8 Å². The minimum absolute atomic E-state index is 0.0154. The van der Waals surface area contributed by atoms with Gasteiger partial charge in [0.05, 0.1) is 5.56 Å². The van der Waals surface area contributed by atoms with Crippen LogP contribution in [0.25, 0.3) is 0 Å². The molecule has 0 spiro atoms. The van der Waals surface area contributed by atoms with Crippen LogP contribution in [0.2, 0.25) is 0 Å². The second kappa shape index (κ2) is 5.63. The van der Waals surface area contributed by atoms with E-state index in [-0.39, 0.29) is 29.6 Å². The smallest absolute Gasteiger partial charge is 0.338 e. The highest BCUT2D eigenvalue weighted by molar-refractivity contribution is 5.93. The van der Waals surface area contributed by atoms with E-state index in [0.717, 1.165) is 12.0 Å². The Morgan fingerprint density at radius 1 is 1.26 bits per heavy atom. The van der Waals surface area contributed by atoms with Crippen LogP contribution in [-0.2, 0) is 9.53 Å². The van der Waals surface area contributed by atoms with Crippen molar-refractivity contribution < 1.29 is 14.3 Å². The predicted molar refractivity (Wildman–Crippen MR) is 89.3 cm³/mol. The van der Waals surface area contributed by atoms with Gasteiger partial charge in [-0.05, 0) is 49.8 Å². The van der Waals surface area contributed by atoms with Gasteiger partial charge in [-0.15, -0.1) is 0 Å². The Kier molecular flexibility index (Phi) is 3.91. The molecule has 1 aromatic carbocycles. The summed E-state index contributed by atoms with van der Waals surface area (Å²) >= 11 is 0. The Bertz CT molecular complexity index is 669. The normalized spacial score (nSPS) is 26.1. The number of esters is 1. The maximum Gasteiger partial charge on any atom is 0.338 e. The second-order valence-electron chi connectivity index (χ2n) is 7.53. The van der Waals surface area contributed by atoms with Crippen molar-refractivity contribution in [1.82, 2.24) is 0 Å². The molecule has 0 aliphatic heterocycles. The number of ether oxygens (including phenoxy) is 1. The number of benzene rings is 1. The molecule has 3 atom stereocenters. The molecule has 0 saturated heterocycles. The molecule has 3 nitrogen and oxygen atoms in total. The molecule has 0 N–H and O–H groups in total. The first-order valence-corrected chi connectivity index (χ1v) is 8.35. The van der Waals surface area contributed by atoms with Crippen LogP contribution >= 0.6 is 0 Å². The standard InChI is InChI=1S/C20H24O3/c1-12(2)20(3,4)23-19(22)15-7-5-6-13(10-15)17-11-14-8-9-16(17)18(14)21/h5-10,12,14,16-17H,11H2,1-4H3. The van der Waals surface area contributed by atoms with Crippen molar-refractivity contribution >= 4 is 11.8 Å². The molecule has 0 heterocycles. The molecule has 1 fully saturated rings. The van der Waals surface area contributed by atoms with E-state index in [2.05, 4.69) is 0 Å². The Labute approximate surface area is 137 Å². The van der Waals surface area contributed by atoms with E-state index in [9.17, 15) is 9.59 Å². The van der Waals surface area contributed by atoms with E-state index in [1.54, 1.807) is 6.07 Å². The fourth-order valence-electron chi connectivity index (χ4n) is 3.29. The van der Waals surface area contributed by atoms with Crippen LogP contribution in [0.1, 0.15) is 56.0 Å². The molecule has 0 aromatic heterocycles. The van der Waals surface area contributed by atoms with Crippen LogP contribution in [0.15, 0.2) is 36.4 Å². The summed E-state index contributed by atoms with van der Waals surface area (Å²) in [6.07, 6.45) is 4.90. The second-order valence-corrected chi connectivity index (χ2v) is 7.53. The van der Waals surface area contributed by atoms with Gasteiger partial charge < -0.3 is 4.74 Å². The topological polar surface area (TPSA) is 43.4 Å². The summed E-state index contributed by atoms with van der Waals surface area (Å²) in [5, 5.41) is 0. The monoisotopic (exact) mass is 312 g/mol. The number of rotatable bonds is 4. The Hall–Kier alpha value is -1.90. The summed E-state index contributed by atoms with van der Waals surface area (Å²) in [5.41, 5.74) is 1.13. The fourth-order valence-corrected chi connectivity index (χ4v) is 3.29. The summed E-state index contributed by atoms with van der Waals surface area (Å²) in [5.74, 6) is 0.518. The third-order valence-corrected chi connectivity index (χ3v) is 5.48. The molecule has 122 valence electrons. The molecule has 0 amide bonds. The zero-order chi connectivity index (χ0) is 16.8. The number of hydrogen-bond donors (Lipinski definition) is 0. The van der Waals surface area contributed by atoms with E-state index in [4.69, 9.17) is 4.74 Å². The van der Waals surface area contributed by atoms with E-state index >= 15 is 0 Å². The average Bonchev–Trinajstić information content (AvgIpc) is 3.02. The molecule has 1 aromatic rings. The third-order valence-electron chi connectivity index (χ3n) is 5.48. The number of Topliss-reactive ketones (excluding diaryl/α,β-unsaturated/α-hetero) is 1. The summed E-state index contributed by atoms with van der Waals surface area (Å²) in [6.45, 7) is 7.94. The highest BCUT2D eigenvalue weighted by Crippen LogP contribution is 2.46. The van der Waals surface area contributed by atoms with Crippen molar-refractivity contribution in [2.24, 2.45) is 17.8 Å². The lowest BCUT2D eigenvalue weighted by atomic mass is 9.86. The predicted octanol–water partition coefficient (Wildman–Crippen LogP) is 4.14. The van der Waals surface area contributed by atoms with Gasteiger partial charge in [-0.1, -0.05) is 38.1 Å². The van der Waals surface area contributed by atoms with E-state index < -0.39 is 5.60 Å². The van der Waals surface area contributed by atoms with Crippen LogP contribution in [0.3, 0.4) is 0 Å². The van der Waals surface area contributed by atoms with Gasteiger partial charge >= 0.3 is 5.97 Å². The first kappa shape index (κ1) is 16.0. The van der Waals surface area contributed by atoms with E-state index in [0.29, 0.717) is 11.3 Å². The van der Waals surface area contributed by atoms with Crippen molar-refractivity contribution in [2.45, 2.75) is 45.6 Å². The number of carbonyl (C=O) groups is 2. The van der Waals surface area contributed by atoms with Crippen LogP contribution in [0, 0.1) is 17.8 Å². The zero-order valence-electron chi connectivity index (χ0n) is 14.2. The summed E-state index contributed by atoms with van der Waals surface area (Å²) in [4.78, 5) is 24.5. The molecule has 1 saturated carbocycles. The first-order valence-electron chi connectivity index (χ1n) is 8.35. The van der Waals surface area contributed by atoms with Crippen molar-refractivity contribution in [2.75, 3.05) is 0 Å². The Morgan fingerprint density at radius 2 is 2.00 bits per heavy atom. The maximum absolute atomic E-state index is 12.5. The van der Waals surface area contributed by atoms with Gasteiger partial charge in [0.2, 0.25) is 0 Å². The number of ketones is 1. The molecule has 3 rings (SSSR count). The van der Waals surface area contributed by atoms with E-state index in [1.165, 1.54) is 0 Å². The third kappa shape index (κ3) is 2.85. The molecule has 2 aliphatic rings. The fraction of sp³-hybridized carbons (Fsp3) is 0.500. The summed E-state index contributed by atoms with van der Waals surface area (Å²) < 4.78 is 5.67. The zero-order valence-corrected chi connectivity index (χ0v) is 14.2. The molecule has 3 heteroatoms. The van der Waals surface area contributed by atoms with Gasteiger partial charge in [-0.25, -0.2) is 4.79 Å². The minimum Gasteiger partial charge on any atom is -0.456 e. The van der Waals surface area contributed by atoms with Crippen LogP contribution in [0.4, 0.5) is 0 Å². The van der Waals surface area contributed by atoms with Crippen molar-refractivity contribution in [3.8, 4) is 0 Å². The van der Waals surface area contributed by atoms with Gasteiger partial charge in [-0.3, -0.25) is 4.79 Å². The number of carbonyl (C=O) groups excluding carboxylic acids is 2. The lowest BCUT2D eigenvalue weighted by molar-refractivity contribution is -0.120. The summed E-state index contributed by atoms with van der Waals surface area (Å²) in [7, 11) is 0. The molecular weight excluding hydrogens is 288 g/mol. The molecule has 2 bridgehead atoms. The van der Waals surface area contributed by atoms with Crippen molar-refractivity contribution in [3.05, 3.63) is 47.5 Å². The van der Waals surface area contributed by atoms with Gasteiger partial charge in [0.25, 0.3) is 0 Å². The Morgan fingerprint density at radius 3 is 2.57 bits per heavy atom. The minimum atomic E-state index is -0.502. The molecule has 0 radical (unpaired) electrons. The molecule has 23 heavy (non-hydrogen) atoms. The highest BCUT2D eigenvalue weighted by Gasteiger charge is 2.44. The SMILES string of the molecule is CC(C)C(C)(C)OC(=O)c1cccc(C2CC3C=CC2C3=O)c1.